The van der Waals surface area contributed by atoms with Gasteiger partial charge < -0.3 is 19.7 Å². The fourth-order valence-corrected chi connectivity index (χ4v) is 6.66. The quantitative estimate of drug-likeness (QED) is 0.154. The molecule has 0 spiro atoms. The highest BCUT2D eigenvalue weighted by molar-refractivity contribution is 7.92. The summed E-state index contributed by atoms with van der Waals surface area (Å²) in [6.45, 7) is 5.16. The molecule has 0 radical (unpaired) electrons. The van der Waals surface area contributed by atoms with Gasteiger partial charge in [0, 0.05) is 30.1 Å². The maximum absolute atomic E-state index is 14.7. The summed E-state index contributed by atoms with van der Waals surface area (Å²) in [4.78, 5) is 30.1. The van der Waals surface area contributed by atoms with Crippen LogP contribution >= 0.6 is 11.6 Å². The van der Waals surface area contributed by atoms with Gasteiger partial charge in [0.1, 0.15) is 12.6 Å². The molecule has 2 atom stereocenters. The molecule has 1 N–H and O–H groups in total. The average Bonchev–Trinajstić information content (AvgIpc) is 3.09. The number of ether oxygens (including phenoxy) is 2. The molecule has 0 aliphatic heterocycles. The molecule has 48 heavy (non-hydrogen) atoms. The van der Waals surface area contributed by atoms with Crippen molar-refractivity contribution in [3.8, 4) is 11.5 Å². The van der Waals surface area contributed by atoms with E-state index in [0.717, 1.165) is 21.0 Å². The van der Waals surface area contributed by atoms with Gasteiger partial charge in [-0.15, -0.1) is 0 Å². The molecular weight excluding hydrogens is 650 g/mol. The first-order chi connectivity index (χ1) is 23.0. The van der Waals surface area contributed by atoms with Crippen LogP contribution in [0.1, 0.15) is 37.0 Å². The standard InChI is InChI=1S/C37H42ClN3O6S/c1-6-27(3)39-37(43)33(22-28-10-8-7-9-11-28)40(24-29-14-16-30(38)17-15-29)36(42)25-41(31-18-21-34(46-4)35(23-31)47-5)48(44,45)32-19-12-26(2)13-20-32/h7-21,23,27,33H,6,22,24-25H2,1-5H3,(H,39,43). The van der Waals surface area contributed by atoms with E-state index in [9.17, 15) is 18.0 Å². The summed E-state index contributed by atoms with van der Waals surface area (Å²) in [6.07, 6.45) is 0.903. The summed E-state index contributed by atoms with van der Waals surface area (Å²) in [7, 11) is -1.35. The maximum Gasteiger partial charge on any atom is 0.264 e. The molecule has 0 aliphatic carbocycles. The monoisotopic (exact) mass is 691 g/mol. The highest BCUT2D eigenvalue weighted by Gasteiger charge is 2.35. The average molecular weight is 692 g/mol. The number of hydrogen-bond donors (Lipinski definition) is 1. The van der Waals surface area contributed by atoms with Crippen LogP contribution in [0.4, 0.5) is 5.69 Å². The first kappa shape index (κ1) is 36.3. The number of benzene rings is 4. The van der Waals surface area contributed by atoms with Crippen molar-refractivity contribution >= 4 is 39.1 Å². The highest BCUT2D eigenvalue weighted by atomic mass is 35.5. The molecule has 4 rings (SSSR count). The van der Waals surface area contributed by atoms with Crippen LogP contribution in [-0.4, -0.2) is 58.0 Å². The van der Waals surface area contributed by atoms with Gasteiger partial charge in [-0.2, -0.15) is 0 Å². The second-order valence-corrected chi connectivity index (χ2v) is 13.8. The Morgan fingerprint density at radius 1 is 0.854 bits per heavy atom. The van der Waals surface area contributed by atoms with E-state index in [4.69, 9.17) is 21.1 Å². The Balaban J connectivity index is 1.84. The van der Waals surface area contributed by atoms with Crippen molar-refractivity contribution in [1.82, 2.24) is 10.2 Å². The molecule has 254 valence electrons. The Labute approximate surface area is 288 Å². The molecule has 0 bridgehead atoms. The molecule has 2 amide bonds. The lowest BCUT2D eigenvalue weighted by molar-refractivity contribution is -0.140. The maximum atomic E-state index is 14.7. The highest BCUT2D eigenvalue weighted by Crippen LogP contribution is 2.34. The smallest absolute Gasteiger partial charge is 0.264 e. The van der Waals surface area contributed by atoms with Gasteiger partial charge in [0.2, 0.25) is 11.8 Å². The number of rotatable bonds is 15. The number of halogens is 1. The number of hydrogen-bond acceptors (Lipinski definition) is 6. The minimum atomic E-state index is -4.28. The van der Waals surface area contributed by atoms with Crippen molar-refractivity contribution in [2.75, 3.05) is 25.1 Å². The van der Waals surface area contributed by atoms with Crippen molar-refractivity contribution in [2.45, 2.75) is 57.1 Å². The molecule has 2 unspecified atom stereocenters. The number of sulfonamides is 1. The zero-order chi connectivity index (χ0) is 34.8. The van der Waals surface area contributed by atoms with Gasteiger partial charge in [-0.05, 0) is 67.8 Å². The van der Waals surface area contributed by atoms with Crippen molar-refractivity contribution in [3.63, 3.8) is 0 Å². The summed E-state index contributed by atoms with van der Waals surface area (Å²) < 4.78 is 40.5. The van der Waals surface area contributed by atoms with E-state index in [1.54, 1.807) is 48.5 Å². The van der Waals surface area contributed by atoms with Crippen LogP contribution in [0.25, 0.3) is 0 Å². The molecule has 0 saturated carbocycles. The number of aryl methyl sites for hydroxylation is 1. The minimum absolute atomic E-state index is 0.00952. The zero-order valence-corrected chi connectivity index (χ0v) is 29.4. The normalized spacial score (nSPS) is 12.5. The van der Waals surface area contributed by atoms with Crippen molar-refractivity contribution in [3.05, 3.63) is 119 Å². The number of carbonyl (C=O) groups is 2. The van der Waals surface area contributed by atoms with Crippen molar-refractivity contribution < 1.29 is 27.5 Å². The van der Waals surface area contributed by atoms with Crippen molar-refractivity contribution in [2.24, 2.45) is 0 Å². The summed E-state index contributed by atoms with van der Waals surface area (Å²) in [5.41, 5.74) is 2.64. The predicted octanol–water partition coefficient (Wildman–Crippen LogP) is 6.42. The van der Waals surface area contributed by atoms with Gasteiger partial charge in [-0.25, -0.2) is 8.42 Å². The number of nitrogens with zero attached hydrogens (tertiary/aromatic N) is 2. The largest absolute Gasteiger partial charge is 0.493 e. The number of amides is 2. The second kappa shape index (κ2) is 16.5. The summed E-state index contributed by atoms with van der Waals surface area (Å²) in [5.74, 6) is -0.223. The number of anilines is 1. The van der Waals surface area contributed by atoms with Crippen LogP contribution < -0.4 is 19.1 Å². The lowest BCUT2D eigenvalue weighted by Gasteiger charge is -2.34. The molecular formula is C37H42ClN3O6S. The van der Waals surface area contributed by atoms with E-state index in [2.05, 4.69) is 5.32 Å². The third-order valence-electron chi connectivity index (χ3n) is 8.08. The fourth-order valence-electron chi connectivity index (χ4n) is 5.13. The lowest BCUT2D eigenvalue weighted by atomic mass is 10.0. The van der Waals surface area contributed by atoms with Crippen LogP contribution in [0.15, 0.2) is 102 Å². The second-order valence-electron chi connectivity index (χ2n) is 11.5. The Morgan fingerprint density at radius 2 is 1.50 bits per heavy atom. The van der Waals surface area contributed by atoms with Gasteiger partial charge >= 0.3 is 0 Å². The van der Waals surface area contributed by atoms with Crippen LogP contribution in [-0.2, 0) is 32.6 Å². The van der Waals surface area contributed by atoms with Gasteiger partial charge in [0.25, 0.3) is 10.0 Å². The summed E-state index contributed by atoms with van der Waals surface area (Å²) in [6, 6.07) is 26.4. The van der Waals surface area contributed by atoms with E-state index in [1.165, 1.54) is 37.3 Å². The fraction of sp³-hybridized carbons (Fsp3) is 0.297. The Bertz CT molecular complexity index is 1780. The molecule has 0 fully saturated rings. The predicted molar refractivity (Wildman–Crippen MR) is 189 cm³/mol. The molecule has 4 aromatic rings. The lowest BCUT2D eigenvalue weighted by Crippen LogP contribution is -2.54. The number of carbonyl (C=O) groups excluding carboxylic acids is 2. The van der Waals surface area contributed by atoms with Gasteiger partial charge in [0.15, 0.2) is 11.5 Å². The van der Waals surface area contributed by atoms with E-state index < -0.39 is 28.5 Å². The molecule has 0 heterocycles. The van der Waals surface area contributed by atoms with Gasteiger partial charge in [-0.3, -0.25) is 13.9 Å². The van der Waals surface area contributed by atoms with E-state index >= 15 is 0 Å². The minimum Gasteiger partial charge on any atom is -0.493 e. The van der Waals surface area contributed by atoms with E-state index in [1.807, 2.05) is 51.1 Å². The third kappa shape index (κ3) is 9.08. The molecule has 4 aromatic carbocycles. The van der Waals surface area contributed by atoms with E-state index in [-0.39, 0.29) is 35.5 Å². The molecule has 9 nitrogen and oxygen atoms in total. The first-order valence-electron chi connectivity index (χ1n) is 15.7. The SMILES string of the molecule is CCC(C)NC(=O)C(Cc1ccccc1)N(Cc1ccc(Cl)cc1)C(=O)CN(c1ccc(OC)c(OC)c1)S(=O)(=O)c1ccc(C)cc1. The number of nitrogens with one attached hydrogen (secondary N) is 1. The zero-order valence-electron chi connectivity index (χ0n) is 27.9. The van der Waals surface area contributed by atoms with Gasteiger partial charge in [0.05, 0.1) is 24.8 Å². The summed E-state index contributed by atoms with van der Waals surface area (Å²) >= 11 is 6.17. The molecule has 11 heteroatoms. The van der Waals surface area contributed by atoms with Crippen LogP contribution in [0.3, 0.4) is 0 Å². The molecule has 0 saturated heterocycles. The van der Waals surface area contributed by atoms with Crippen LogP contribution in [0.5, 0.6) is 11.5 Å². The molecule has 0 aromatic heterocycles. The Hall–Kier alpha value is -4.54. The van der Waals surface area contributed by atoms with E-state index in [0.29, 0.717) is 22.9 Å². The van der Waals surface area contributed by atoms with Crippen LogP contribution in [0, 0.1) is 6.92 Å². The topological polar surface area (TPSA) is 105 Å². The summed E-state index contributed by atoms with van der Waals surface area (Å²) in [5, 5.41) is 3.56. The Morgan fingerprint density at radius 3 is 2.10 bits per heavy atom. The van der Waals surface area contributed by atoms with Crippen LogP contribution in [0.2, 0.25) is 5.02 Å². The van der Waals surface area contributed by atoms with Crippen molar-refractivity contribution in [1.29, 1.82) is 0 Å². The number of methoxy groups -OCH3 is 2. The third-order valence-corrected chi connectivity index (χ3v) is 10.1. The Kier molecular flexibility index (Phi) is 12.5. The van der Waals surface area contributed by atoms with Gasteiger partial charge in [-0.1, -0.05) is 78.7 Å². The first-order valence-corrected chi connectivity index (χ1v) is 17.5. The molecule has 0 aliphatic rings.